The van der Waals surface area contributed by atoms with Crippen LogP contribution in [-0.2, 0) is 19.6 Å². The molecule has 1 saturated carbocycles. The number of hydrogen-bond donors (Lipinski definition) is 0. The van der Waals surface area contributed by atoms with Crippen LogP contribution in [0.5, 0.6) is 5.75 Å². The second-order valence-corrected chi connectivity index (χ2v) is 11.2. The number of para-hydroxylation sites is 1. The maximum absolute atomic E-state index is 13.5. The molecule has 0 N–H and O–H groups in total. The first kappa shape index (κ1) is 20.3. The normalized spacial score (nSPS) is 28.4. The molecule has 8 heteroatoms. The molecule has 30 heavy (non-hydrogen) atoms. The fraction of sp³-hybridized carbons (Fsp3) is 0.682. The van der Waals surface area contributed by atoms with Crippen molar-refractivity contribution in [2.75, 3.05) is 39.4 Å². The predicted octanol–water partition coefficient (Wildman–Crippen LogP) is 2.27. The van der Waals surface area contributed by atoms with Crippen molar-refractivity contribution in [3.05, 3.63) is 24.3 Å². The number of likely N-dealkylation sites (tertiary alicyclic amines) is 1. The molecule has 3 fully saturated rings. The molecule has 1 aromatic carbocycles. The van der Waals surface area contributed by atoms with Crippen molar-refractivity contribution in [2.24, 2.45) is 11.3 Å². The highest BCUT2D eigenvalue weighted by atomic mass is 32.2. The van der Waals surface area contributed by atoms with Crippen molar-refractivity contribution in [3.8, 4) is 5.75 Å². The van der Waals surface area contributed by atoms with E-state index in [9.17, 15) is 13.2 Å². The predicted molar refractivity (Wildman–Crippen MR) is 111 cm³/mol. The molecule has 2 saturated heterocycles. The molecule has 4 aliphatic rings. The third kappa shape index (κ3) is 3.85. The van der Waals surface area contributed by atoms with E-state index in [1.807, 2.05) is 11.0 Å². The van der Waals surface area contributed by atoms with Gasteiger partial charge in [0.1, 0.15) is 16.7 Å². The van der Waals surface area contributed by atoms with E-state index in [2.05, 4.69) is 0 Å². The van der Waals surface area contributed by atoms with Crippen LogP contribution in [0.4, 0.5) is 0 Å². The van der Waals surface area contributed by atoms with Crippen molar-refractivity contribution in [1.29, 1.82) is 0 Å². The zero-order valence-corrected chi connectivity index (χ0v) is 18.1. The molecule has 1 aromatic rings. The van der Waals surface area contributed by atoms with Gasteiger partial charge in [0.05, 0.1) is 6.61 Å². The summed E-state index contributed by atoms with van der Waals surface area (Å²) >= 11 is 0. The number of hydrogen-bond acceptors (Lipinski definition) is 5. The number of sulfonamides is 1. The zero-order chi connectivity index (χ0) is 20.8. The van der Waals surface area contributed by atoms with Crippen LogP contribution >= 0.6 is 0 Å². The van der Waals surface area contributed by atoms with E-state index in [4.69, 9.17) is 9.47 Å². The molecule has 0 radical (unpaired) electrons. The van der Waals surface area contributed by atoms with E-state index in [0.29, 0.717) is 51.1 Å². The summed E-state index contributed by atoms with van der Waals surface area (Å²) in [6.45, 7) is 3.43. The number of amides is 1. The number of piperidine rings is 1. The number of ether oxygens (including phenoxy) is 2. The molecular weight excluding hydrogens is 404 g/mol. The highest BCUT2D eigenvalue weighted by molar-refractivity contribution is 7.89. The van der Waals surface area contributed by atoms with Crippen LogP contribution in [0.15, 0.2) is 29.2 Å². The van der Waals surface area contributed by atoms with E-state index in [1.165, 1.54) is 0 Å². The van der Waals surface area contributed by atoms with Crippen LogP contribution in [0, 0.1) is 11.3 Å². The Labute approximate surface area is 178 Å². The van der Waals surface area contributed by atoms with Crippen LogP contribution in [0.3, 0.4) is 0 Å². The molecule has 0 aromatic heterocycles. The van der Waals surface area contributed by atoms with Gasteiger partial charge in [-0.2, -0.15) is 4.31 Å². The minimum absolute atomic E-state index is 0.0851. The minimum atomic E-state index is -3.61. The van der Waals surface area contributed by atoms with Crippen LogP contribution in [0.1, 0.15) is 38.5 Å². The third-order valence-electron chi connectivity index (χ3n) is 7.01. The number of rotatable bonds is 3. The first-order chi connectivity index (χ1) is 14.5. The largest absolute Gasteiger partial charge is 0.492 e. The van der Waals surface area contributed by atoms with E-state index < -0.39 is 10.0 Å². The van der Waals surface area contributed by atoms with Gasteiger partial charge in [0, 0.05) is 38.2 Å². The molecular formula is C22H30N2O5S. The summed E-state index contributed by atoms with van der Waals surface area (Å²) in [7, 11) is -3.61. The maximum atomic E-state index is 13.5. The molecule has 1 unspecified atom stereocenters. The maximum Gasteiger partial charge on any atom is 0.251 e. The van der Waals surface area contributed by atoms with E-state index in [0.717, 1.165) is 38.5 Å². The fourth-order valence-corrected chi connectivity index (χ4v) is 6.65. The molecule has 1 aliphatic carbocycles. The lowest BCUT2D eigenvalue weighted by Crippen LogP contribution is -2.53. The molecule has 3 heterocycles. The van der Waals surface area contributed by atoms with Gasteiger partial charge in [-0.15, -0.1) is 0 Å². The summed E-state index contributed by atoms with van der Waals surface area (Å²) in [6.07, 6.45) is 5.12. The number of carbonyl (C=O) groups is 1. The smallest absolute Gasteiger partial charge is 0.251 e. The summed E-state index contributed by atoms with van der Waals surface area (Å²) in [5, 5.41) is 0. The summed E-state index contributed by atoms with van der Waals surface area (Å²) in [5.41, 5.74) is -0.275. The number of carbonyl (C=O) groups excluding carboxylic acids is 1. The summed E-state index contributed by atoms with van der Waals surface area (Å²) < 4.78 is 40.3. The Hall–Kier alpha value is -1.64. The standard InChI is InChI=1S/C22H30N2O5S/c25-21(19-5-3-13-28-19)23-11-9-22(10-12-23)15-24(14-17-7-8-17)30(26,27)20-6-2-1-4-18(20)29-16-22/h1-2,4,6,17,19H,3,5,7-16H2. The van der Waals surface area contributed by atoms with E-state index in [-0.39, 0.29) is 22.3 Å². The molecule has 5 rings (SSSR count). The Morgan fingerprint density at radius 2 is 1.90 bits per heavy atom. The number of nitrogens with zero attached hydrogens (tertiary/aromatic N) is 2. The topological polar surface area (TPSA) is 76.1 Å². The molecule has 1 spiro atoms. The van der Waals surface area contributed by atoms with Crippen molar-refractivity contribution in [3.63, 3.8) is 0 Å². The lowest BCUT2D eigenvalue weighted by Gasteiger charge is -2.45. The Morgan fingerprint density at radius 3 is 2.60 bits per heavy atom. The van der Waals surface area contributed by atoms with Gasteiger partial charge in [0.2, 0.25) is 10.0 Å². The molecule has 164 valence electrons. The molecule has 3 aliphatic heterocycles. The molecule has 7 nitrogen and oxygen atoms in total. The Kier molecular flexibility index (Phi) is 5.27. The quantitative estimate of drug-likeness (QED) is 0.730. The lowest BCUT2D eigenvalue weighted by molar-refractivity contribution is -0.143. The zero-order valence-electron chi connectivity index (χ0n) is 17.3. The van der Waals surface area contributed by atoms with Gasteiger partial charge in [-0.05, 0) is 56.6 Å². The number of fused-ring (bicyclic) bond motifs is 1. The average Bonchev–Trinajstić information content (AvgIpc) is 3.40. The van der Waals surface area contributed by atoms with Crippen molar-refractivity contribution in [2.45, 2.75) is 49.5 Å². The van der Waals surface area contributed by atoms with Gasteiger partial charge in [0.15, 0.2) is 0 Å². The second kappa shape index (κ2) is 7.80. The highest BCUT2D eigenvalue weighted by Gasteiger charge is 2.45. The van der Waals surface area contributed by atoms with Gasteiger partial charge in [0.25, 0.3) is 5.91 Å². The lowest BCUT2D eigenvalue weighted by atomic mass is 9.78. The second-order valence-electron chi connectivity index (χ2n) is 9.30. The first-order valence-corrected chi connectivity index (χ1v) is 12.5. The van der Waals surface area contributed by atoms with Crippen LogP contribution in [-0.4, -0.2) is 69.0 Å². The van der Waals surface area contributed by atoms with Crippen LogP contribution in [0.25, 0.3) is 0 Å². The summed E-state index contributed by atoms with van der Waals surface area (Å²) in [4.78, 5) is 14.9. The Morgan fingerprint density at radius 1 is 1.13 bits per heavy atom. The monoisotopic (exact) mass is 434 g/mol. The number of benzene rings is 1. The molecule has 0 bridgehead atoms. The molecule has 1 atom stereocenters. The van der Waals surface area contributed by atoms with Crippen LogP contribution < -0.4 is 4.74 Å². The highest BCUT2D eigenvalue weighted by Crippen LogP contribution is 2.41. The average molecular weight is 435 g/mol. The molecule has 1 amide bonds. The Balaban J connectivity index is 1.37. The van der Waals surface area contributed by atoms with Crippen molar-refractivity contribution < 1.29 is 22.7 Å². The van der Waals surface area contributed by atoms with Gasteiger partial charge in [-0.3, -0.25) is 4.79 Å². The summed E-state index contributed by atoms with van der Waals surface area (Å²) in [6, 6.07) is 6.96. The first-order valence-electron chi connectivity index (χ1n) is 11.1. The summed E-state index contributed by atoms with van der Waals surface area (Å²) in [5.74, 6) is 0.989. The van der Waals surface area contributed by atoms with Gasteiger partial charge in [-0.25, -0.2) is 8.42 Å². The third-order valence-corrected chi connectivity index (χ3v) is 8.86. The van der Waals surface area contributed by atoms with Crippen molar-refractivity contribution in [1.82, 2.24) is 9.21 Å². The van der Waals surface area contributed by atoms with Gasteiger partial charge >= 0.3 is 0 Å². The van der Waals surface area contributed by atoms with Gasteiger partial charge in [-0.1, -0.05) is 12.1 Å². The fourth-order valence-electron chi connectivity index (χ4n) is 4.89. The Bertz CT molecular complexity index is 900. The van der Waals surface area contributed by atoms with E-state index in [1.54, 1.807) is 22.5 Å². The van der Waals surface area contributed by atoms with Crippen LogP contribution in [0.2, 0.25) is 0 Å². The van der Waals surface area contributed by atoms with E-state index >= 15 is 0 Å². The van der Waals surface area contributed by atoms with Gasteiger partial charge < -0.3 is 14.4 Å². The minimum Gasteiger partial charge on any atom is -0.492 e. The van der Waals surface area contributed by atoms with Crippen molar-refractivity contribution >= 4 is 15.9 Å². The SMILES string of the molecule is O=C(C1CCCO1)N1CCC2(CC1)COc1ccccc1S(=O)(=O)N(CC1CC1)C2.